The molecule has 0 aliphatic carbocycles. The first-order chi connectivity index (χ1) is 10.3. The highest BCUT2D eigenvalue weighted by molar-refractivity contribution is 9.09. The molecule has 0 saturated carbocycles. The van der Waals surface area contributed by atoms with Crippen LogP contribution in [0, 0.1) is 0 Å². The van der Waals surface area contributed by atoms with Crippen LogP contribution in [0.4, 0.5) is 0 Å². The second-order valence-electron chi connectivity index (χ2n) is 5.54. The van der Waals surface area contributed by atoms with Gasteiger partial charge < -0.3 is 9.84 Å². The fourth-order valence-corrected chi connectivity index (χ4v) is 2.77. The van der Waals surface area contributed by atoms with Gasteiger partial charge in [0.2, 0.25) is 0 Å². The van der Waals surface area contributed by atoms with Crippen molar-refractivity contribution in [3.8, 4) is 11.5 Å². The monoisotopic (exact) mass is 356 g/mol. The Morgan fingerprint density at radius 2 is 1.29 bits per heavy atom. The van der Waals surface area contributed by atoms with E-state index in [0.717, 1.165) is 11.8 Å². The molecule has 0 amide bonds. The van der Waals surface area contributed by atoms with Crippen LogP contribution in [0.15, 0.2) is 24.3 Å². The number of aromatic hydroxyl groups is 1. The highest BCUT2D eigenvalue weighted by Gasteiger charge is 1.99. The minimum Gasteiger partial charge on any atom is -0.504 e. The molecule has 0 bridgehead atoms. The third-order valence-corrected chi connectivity index (χ3v) is 4.21. The molecule has 0 saturated heterocycles. The number of benzene rings is 1. The van der Waals surface area contributed by atoms with Crippen LogP contribution in [0.2, 0.25) is 0 Å². The summed E-state index contributed by atoms with van der Waals surface area (Å²) < 4.78 is 5.57. The lowest BCUT2D eigenvalue weighted by molar-refractivity contribution is 0.288. The Bertz CT molecular complexity index is 355. The predicted octanol–water partition coefficient (Wildman–Crippen LogP) is 6.07. The summed E-state index contributed by atoms with van der Waals surface area (Å²) in [7, 11) is 0. The Balaban J connectivity index is 1.84. The van der Waals surface area contributed by atoms with Gasteiger partial charge in [0.05, 0.1) is 6.61 Å². The quantitative estimate of drug-likeness (QED) is 0.343. The molecule has 0 fully saturated rings. The summed E-state index contributed by atoms with van der Waals surface area (Å²) in [5, 5.41) is 10.7. The summed E-state index contributed by atoms with van der Waals surface area (Å²) in [4.78, 5) is 0. The van der Waals surface area contributed by atoms with Crippen molar-refractivity contribution < 1.29 is 9.84 Å². The SMILES string of the molecule is Oc1ccccc1OCCCCCCCCCCCCBr. The molecule has 0 aliphatic heterocycles. The summed E-state index contributed by atoms with van der Waals surface area (Å²) in [6.07, 6.45) is 13.2. The number of hydrogen-bond acceptors (Lipinski definition) is 2. The number of phenolic OH excluding ortho intramolecular Hbond substituents is 1. The molecule has 0 heterocycles. The highest BCUT2D eigenvalue weighted by Crippen LogP contribution is 2.24. The average Bonchev–Trinajstić information content (AvgIpc) is 2.50. The molecule has 0 aromatic heterocycles. The van der Waals surface area contributed by atoms with Crippen molar-refractivity contribution in [1.29, 1.82) is 0 Å². The smallest absolute Gasteiger partial charge is 0.160 e. The summed E-state index contributed by atoms with van der Waals surface area (Å²) in [5.74, 6) is 0.832. The maximum Gasteiger partial charge on any atom is 0.160 e. The number of hydrogen-bond donors (Lipinski definition) is 1. The summed E-state index contributed by atoms with van der Waals surface area (Å²) in [6, 6.07) is 7.16. The molecule has 0 radical (unpaired) electrons. The van der Waals surface area contributed by atoms with Crippen LogP contribution < -0.4 is 4.74 Å². The summed E-state index contributed by atoms with van der Waals surface area (Å²) >= 11 is 3.47. The highest BCUT2D eigenvalue weighted by atomic mass is 79.9. The lowest BCUT2D eigenvalue weighted by Gasteiger charge is -2.07. The van der Waals surface area contributed by atoms with Gasteiger partial charge in [-0.2, -0.15) is 0 Å². The fourth-order valence-electron chi connectivity index (χ4n) is 2.37. The molecule has 1 aromatic rings. The van der Waals surface area contributed by atoms with E-state index in [1.54, 1.807) is 6.07 Å². The molecule has 0 spiro atoms. The molecule has 0 aliphatic rings. The van der Waals surface area contributed by atoms with E-state index in [0.29, 0.717) is 12.4 Å². The number of rotatable bonds is 13. The number of para-hydroxylation sites is 2. The summed E-state index contributed by atoms with van der Waals surface area (Å²) in [6.45, 7) is 0.699. The van der Waals surface area contributed by atoms with Crippen LogP contribution in [0.25, 0.3) is 0 Å². The topological polar surface area (TPSA) is 29.5 Å². The van der Waals surface area contributed by atoms with E-state index >= 15 is 0 Å². The molecule has 2 nitrogen and oxygen atoms in total. The Hall–Kier alpha value is -0.700. The maximum absolute atomic E-state index is 9.56. The molecule has 1 N–H and O–H groups in total. The van der Waals surface area contributed by atoms with Gasteiger partial charge in [0.15, 0.2) is 11.5 Å². The van der Waals surface area contributed by atoms with E-state index in [-0.39, 0.29) is 5.75 Å². The van der Waals surface area contributed by atoms with Gasteiger partial charge in [-0.25, -0.2) is 0 Å². The van der Waals surface area contributed by atoms with Gasteiger partial charge in [0.1, 0.15) is 0 Å². The zero-order chi connectivity index (χ0) is 15.2. The number of alkyl halides is 1. The molecule has 1 rings (SSSR count). The van der Waals surface area contributed by atoms with Crippen molar-refractivity contribution in [3.63, 3.8) is 0 Å². The lowest BCUT2D eigenvalue weighted by Crippen LogP contribution is -1.97. The van der Waals surface area contributed by atoms with Crippen LogP contribution >= 0.6 is 15.9 Å². The van der Waals surface area contributed by atoms with Crippen LogP contribution in [0.5, 0.6) is 11.5 Å². The van der Waals surface area contributed by atoms with Crippen LogP contribution in [-0.4, -0.2) is 17.0 Å². The standard InChI is InChI=1S/C18H29BrO2/c19-15-11-7-5-3-1-2-4-6-8-12-16-21-18-14-10-9-13-17(18)20/h9-10,13-14,20H,1-8,11-12,15-16H2. The second kappa shape index (κ2) is 13.0. The Morgan fingerprint density at radius 3 is 1.86 bits per heavy atom. The predicted molar refractivity (Wildman–Crippen MR) is 93.6 cm³/mol. The van der Waals surface area contributed by atoms with E-state index in [1.165, 1.54) is 57.8 Å². The molecule has 0 unspecified atom stereocenters. The third kappa shape index (κ3) is 9.78. The Morgan fingerprint density at radius 1 is 0.762 bits per heavy atom. The summed E-state index contributed by atoms with van der Waals surface area (Å²) in [5.41, 5.74) is 0. The molecule has 3 heteroatoms. The molecule has 21 heavy (non-hydrogen) atoms. The average molecular weight is 357 g/mol. The van der Waals surface area contributed by atoms with E-state index in [9.17, 15) is 5.11 Å². The molecule has 1 aromatic carbocycles. The zero-order valence-corrected chi connectivity index (χ0v) is 14.6. The van der Waals surface area contributed by atoms with Gasteiger partial charge >= 0.3 is 0 Å². The van der Waals surface area contributed by atoms with Crippen LogP contribution in [0.1, 0.15) is 64.2 Å². The van der Waals surface area contributed by atoms with Crippen molar-refractivity contribution in [1.82, 2.24) is 0 Å². The number of phenols is 1. The number of unbranched alkanes of at least 4 members (excludes halogenated alkanes) is 9. The number of ether oxygens (including phenoxy) is 1. The van der Waals surface area contributed by atoms with Crippen LogP contribution in [0.3, 0.4) is 0 Å². The normalized spacial score (nSPS) is 10.7. The van der Waals surface area contributed by atoms with Crippen molar-refractivity contribution in [3.05, 3.63) is 24.3 Å². The second-order valence-corrected chi connectivity index (χ2v) is 6.33. The van der Waals surface area contributed by atoms with Crippen molar-refractivity contribution in [2.24, 2.45) is 0 Å². The van der Waals surface area contributed by atoms with Gasteiger partial charge in [0.25, 0.3) is 0 Å². The molecule has 0 atom stereocenters. The first kappa shape index (κ1) is 18.3. The zero-order valence-electron chi connectivity index (χ0n) is 13.0. The third-order valence-electron chi connectivity index (χ3n) is 3.65. The van der Waals surface area contributed by atoms with Crippen molar-refractivity contribution in [2.75, 3.05) is 11.9 Å². The molecule has 120 valence electrons. The van der Waals surface area contributed by atoms with Gasteiger partial charge in [0, 0.05) is 5.33 Å². The number of halogens is 1. The van der Waals surface area contributed by atoms with E-state index < -0.39 is 0 Å². The van der Waals surface area contributed by atoms with Gasteiger partial charge in [-0.15, -0.1) is 0 Å². The van der Waals surface area contributed by atoms with E-state index in [2.05, 4.69) is 15.9 Å². The van der Waals surface area contributed by atoms with Gasteiger partial charge in [-0.3, -0.25) is 0 Å². The minimum atomic E-state index is 0.234. The molecular weight excluding hydrogens is 328 g/mol. The Labute approximate surface area is 138 Å². The first-order valence-corrected chi connectivity index (χ1v) is 9.43. The Kier molecular flexibility index (Phi) is 11.4. The minimum absolute atomic E-state index is 0.234. The largest absolute Gasteiger partial charge is 0.504 e. The van der Waals surface area contributed by atoms with E-state index in [4.69, 9.17) is 4.74 Å². The van der Waals surface area contributed by atoms with E-state index in [1.807, 2.05) is 18.2 Å². The molecular formula is C18H29BrO2. The van der Waals surface area contributed by atoms with Gasteiger partial charge in [-0.1, -0.05) is 79.4 Å². The van der Waals surface area contributed by atoms with Crippen molar-refractivity contribution in [2.45, 2.75) is 64.2 Å². The van der Waals surface area contributed by atoms with Crippen LogP contribution in [-0.2, 0) is 0 Å². The van der Waals surface area contributed by atoms with Crippen molar-refractivity contribution >= 4 is 15.9 Å². The van der Waals surface area contributed by atoms with Gasteiger partial charge in [-0.05, 0) is 25.0 Å². The maximum atomic E-state index is 9.56. The lowest BCUT2D eigenvalue weighted by atomic mass is 10.1. The first-order valence-electron chi connectivity index (χ1n) is 8.31. The fraction of sp³-hybridized carbons (Fsp3) is 0.667.